The third kappa shape index (κ3) is 4.11. The molecule has 0 radical (unpaired) electrons. The van der Waals surface area contributed by atoms with E-state index in [9.17, 15) is 13.2 Å². The van der Waals surface area contributed by atoms with Gasteiger partial charge >= 0.3 is 6.18 Å². The first-order valence-electron chi connectivity index (χ1n) is 8.71. The maximum Gasteiger partial charge on any atom is 0.416 e. The average molecular weight is 400 g/mol. The Morgan fingerprint density at radius 2 is 1.96 bits per heavy atom. The molecule has 0 bridgehead atoms. The summed E-state index contributed by atoms with van der Waals surface area (Å²) >= 11 is 0. The van der Waals surface area contributed by atoms with Crippen LogP contribution in [0.15, 0.2) is 30.3 Å². The lowest BCUT2D eigenvalue weighted by Gasteiger charge is -2.24. The van der Waals surface area contributed by atoms with Crippen LogP contribution in [0.5, 0.6) is 0 Å². The van der Waals surface area contributed by atoms with Crippen LogP contribution in [-0.4, -0.2) is 35.6 Å². The van der Waals surface area contributed by atoms with Crippen LogP contribution in [0.2, 0.25) is 0 Å². The number of fused-ring (bicyclic) bond motifs is 1. The van der Waals surface area contributed by atoms with E-state index in [0.717, 1.165) is 38.2 Å². The number of nitrogen functional groups attached to an aromatic ring is 1. The van der Waals surface area contributed by atoms with Gasteiger partial charge in [0.1, 0.15) is 5.82 Å². The molecule has 27 heavy (non-hydrogen) atoms. The quantitative estimate of drug-likeness (QED) is 0.810. The van der Waals surface area contributed by atoms with Gasteiger partial charge in [-0.2, -0.15) is 18.2 Å². The van der Waals surface area contributed by atoms with Crippen molar-refractivity contribution in [3.05, 3.63) is 35.9 Å². The van der Waals surface area contributed by atoms with Crippen molar-refractivity contribution >= 4 is 24.2 Å². The second-order valence-corrected chi connectivity index (χ2v) is 6.92. The van der Waals surface area contributed by atoms with Gasteiger partial charge in [-0.3, -0.25) is 0 Å². The molecule has 2 fully saturated rings. The Balaban J connectivity index is 0.00000210. The summed E-state index contributed by atoms with van der Waals surface area (Å²) in [6.45, 7) is 2.72. The molecule has 2 aliphatic heterocycles. The zero-order valence-electron chi connectivity index (χ0n) is 14.5. The summed E-state index contributed by atoms with van der Waals surface area (Å²) in [7, 11) is 0. The van der Waals surface area contributed by atoms with E-state index in [1.807, 2.05) is 0 Å². The molecule has 2 saturated heterocycles. The van der Waals surface area contributed by atoms with Crippen LogP contribution in [0.25, 0.3) is 11.3 Å². The van der Waals surface area contributed by atoms with Gasteiger partial charge in [-0.15, -0.1) is 12.4 Å². The number of nitrogens with one attached hydrogen (secondary N) is 1. The van der Waals surface area contributed by atoms with E-state index >= 15 is 0 Å². The maximum absolute atomic E-state index is 13.0. The number of nitrogens with zero attached hydrogens (tertiary/aromatic N) is 3. The second kappa shape index (κ2) is 7.52. The molecule has 0 spiro atoms. The fraction of sp³-hybridized carbons (Fsp3) is 0.444. The summed E-state index contributed by atoms with van der Waals surface area (Å²) in [5.74, 6) is 1.30. The van der Waals surface area contributed by atoms with Crippen molar-refractivity contribution in [2.45, 2.75) is 25.1 Å². The number of rotatable bonds is 2. The minimum Gasteiger partial charge on any atom is -0.368 e. The van der Waals surface area contributed by atoms with Crippen molar-refractivity contribution in [2.24, 2.45) is 5.92 Å². The molecule has 2 aromatic rings. The zero-order valence-corrected chi connectivity index (χ0v) is 15.4. The Bertz CT molecular complexity index is 800. The number of hydrogen-bond acceptors (Lipinski definition) is 5. The van der Waals surface area contributed by atoms with Crippen LogP contribution < -0.4 is 16.0 Å². The van der Waals surface area contributed by atoms with Crippen molar-refractivity contribution in [1.29, 1.82) is 0 Å². The summed E-state index contributed by atoms with van der Waals surface area (Å²) in [5, 5.41) is 3.52. The number of benzene rings is 1. The largest absolute Gasteiger partial charge is 0.416 e. The lowest BCUT2D eigenvalue weighted by atomic mass is 9.94. The number of halogens is 4. The molecule has 0 aliphatic carbocycles. The van der Waals surface area contributed by atoms with Gasteiger partial charge in [-0.1, -0.05) is 12.1 Å². The first kappa shape index (κ1) is 19.7. The summed E-state index contributed by atoms with van der Waals surface area (Å²) < 4.78 is 39.0. The molecule has 1 aromatic carbocycles. The number of hydrogen-bond donors (Lipinski definition) is 2. The molecule has 0 unspecified atom stereocenters. The molecule has 0 saturated carbocycles. The van der Waals surface area contributed by atoms with E-state index in [4.69, 9.17) is 5.73 Å². The van der Waals surface area contributed by atoms with Gasteiger partial charge in [-0.05, 0) is 37.4 Å². The SMILES string of the molecule is Cl.Nc1nc(-c2cccc(C(F)(F)F)c2)cc(N2C[C@H]3CCCN[C@H]3C2)n1. The van der Waals surface area contributed by atoms with Crippen LogP contribution in [0.1, 0.15) is 18.4 Å². The first-order chi connectivity index (χ1) is 12.4. The van der Waals surface area contributed by atoms with Gasteiger partial charge in [0.25, 0.3) is 0 Å². The molecule has 3 N–H and O–H groups in total. The molecule has 5 nitrogen and oxygen atoms in total. The van der Waals surface area contributed by atoms with Crippen LogP contribution in [-0.2, 0) is 6.18 Å². The number of piperidine rings is 1. The van der Waals surface area contributed by atoms with E-state index in [0.29, 0.717) is 29.0 Å². The molecule has 4 rings (SSSR count). The smallest absolute Gasteiger partial charge is 0.368 e. The molecule has 2 aliphatic rings. The van der Waals surface area contributed by atoms with Gasteiger partial charge in [-0.25, -0.2) is 4.98 Å². The number of aromatic nitrogens is 2. The summed E-state index contributed by atoms with van der Waals surface area (Å²) in [5.41, 5.74) is 5.93. The monoisotopic (exact) mass is 399 g/mol. The van der Waals surface area contributed by atoms with Crippen LogP contribution in [0.4, 0.5) is 24.9 Å². The fourth-order valence-corrected chi connectivity index (χ4v) is 3.85. The molecule has 3 heterocycles. The van der Waals surface area contributed by atoms with E-state index in [2.05, 4.69) is 20.2 Å². The van der Waals surface area contributed by atoms with Gasteiger partial charge in [0.2, 0.25) is 5.95 Å². The number of nitrogens with two attached hydrogens (primary N) is 1. The molecule has 146 valence electrons. The Morgan fingerprint density at radius 1 is 1.15 bits per heavy atom. The molecule has 2 atom stereocenters. The number of alkyl halides is 3. The van der Waals surface area contributed by atoms with E-state index < -0.39 is 11.7 Å². The third-order valence-electron chi connectivity index (χ3n) is 5.14. The highest BCUT2D eigenvalue weighted by Gasteiger charge is 2.35. The van der Waals surface area contributed by atoms with Crippen molar-refractivity contribution in [2.75, 3.05) is 30.3 Å². The molecular formula is C18H21ClF3N5. The summed E-state index contributed by atoms with van der Waals surface area (Å²) in [6.07, 6.45) is -2.06. The summed E-state index contributed by atoms with van der Waals surface area (Å²) in [6, 6.07) is 7.28. The first-order valence-corrected chi connectivity index (χ1v) is 8.71. The Hall–Kier alpha value is -2.06. The van der Waals surface area contributed by atoms with Gasteiger partial charge in [0, 0.05) is 30.8 Å². The standard InChI is InChI=1S/C18H20F3N5.ClH/c19-18(20,21)13-5-1-3-11(7-13)14-8-16(25-17(22)24-14)26-9-12-4-2-6-23-15(12)10-26;/h1,3,5,7-8,12,15,23H,2,4,6,9-10H2,(H2,22,24,25);1H/t12-,15+;/m1./s1. The third-order valence-corrected chi connectivity index (χ3v) is 5.14. The normalized spacial score (nSPS) is 22.3. The Labute approximate surface area is 161 Å². The minimum atomic E-state index is -4.40. The van der Waals surface area contributed by atoms with E-state index in [1.165, 1.54) is 12.5 Å². The van der Waals surface area contributed by atoms with Gasteiger partial charge < -0.3 is 16.0 Å². The predicted molar refractivity (Wildman–Crippen MR) is 101 cm³/mol. The van der Waals surface area contributed by atoms with Crippen molar-refractivity contribution in [3.63, 3.8) is 0 Å². The Morgan fingerprint density at radius 3 is 2.70 bits per heavy atom. The van der Waals surface area contributed by atoms with E-state index in [1.54, 1.807) is 12.1 Å². The molecule has 9 heteroatoms. The highest BCUT2D eigenvalue weighted by Crippen LogP contribution is 2.33. The average Bonchev–Trinajstić information content (AvgIpc) is 3.05. The van der Waals surface area contributed by atoms with Crippen molar-refractivity contribution < 1.29 is 13.2 Å². The lowest BCUT2D eigenvalue weighted by molar-refractivity contribution is -0.137. The molecular weight excluding hydrogens is 379 g/mol. The second-order valence-electron chi connectivity index (χ2n) is 6.92. The highest BCUT2D eigenvalue weighted by molar-refractivity contribution is 5.85. The highest BCUT2D eigenvalue weighted by atomic mass is 35.5. The fourth-order valence-electron chi connectivity index (χ4n) is 3.85. The number of anilines is 2. The lowest BCUT2D eigenvalue weighted by Crippen LogP contribution is -2.40. The van der Waals surface area contributed by atoms with Crippen LogP contribution >= 0.6 is 12.4 Å². The Kier molecular flexibility index (Phi) is 5.48. The predicted octanol–water partition coefficient (Wildman–Crippen LogP) is 3.35. The maximum atomic E-state index is 13.0. The van der Waals surface area contributed by atoms with Crippen LogP contribution in [0.3, 0.4) is 0 Å². The summed E-state index contributed by atoms with van der Waals surface area (Å²) in [4.78, 5) is 10.6. The van der Waals surface area contributed by atoms with Gasteiger partial charge in [0.15, 0.2) is 0 Å². The zero-order chi connectivity index (χ0) is 18.3. The van der Waals surface area contributed by atoms with E-state index in [-0.39, 0.29) is 18.4 Å². The van der Waals surface area contributed by atoms with Gasteiger partial charge in [0.05, 0.1) is 11.3 Å². The van der Waals surface area contributed by atoms with Crippen LogP contribution in [0, 0.1) is 5.92 Å². The topological polar surface area (TPSA) is 67.1 Å². The minimum absolute atomic E-state index is 0. The molecule has 1 aromatic heterocycles. The molecule has 0 amide bonds. The van der Waals surface area contributed by atoms with Crippen molar-refractivity contribution in [1.82, 2.24) is 15.3 Å². The van der Waals surface area contributed by atoms with Crippen molar-refractivity contribution in [3.8, 4) is 11.3 Å².